The van der Waals surface area contributed by atoms with Gasteiger partial charge in [-0.25, -0.2) is 9.97 Å². The third kappa shape index (κ3) is 4.03. The summed E-state index contributed by atoms with van der Waals surface area (Å²) in [5.41, 5.74) is 4.27. The van der Waals surface area contributed by atoms with E-state index in [0.717, 1.165) is 32.5 Å². The largest absolute Gasteiger partial charge is 0.278 e. The van der Waals surface area contributed by atoms with Crippen molar-refractivity contribution in [2.75, 3.05) is 0 Å². The average molecular weight is 734 g/mol. The Morgan fingerprint density at radius 1 is 0.364 bits per heavy atom. The molecule has 0 aliphatic rings. The Labute approximate surface area is 322 Å². The van der Waals surface area contributed by atoms with E-state index in [2.05, 4.69) is 168 Å². The number of nitrogens with zero attached hydrogens (tertiary/aromatic N) is 3. The Kier molecular flexibility index (Phi) is 5.93. The molecule has 0 fully saturated rings. The fraction of sp³-hybridized carbons (Fsp3) is 0. The molecule has 254 valence electrons. The number of hydrogen-bond acceptors (Lipinski definition) is 4. The fourth-order valence-corrected chi connectivity index (χ4v) is 11.5. The van der Waals surface area contributed by atoms with Crippen LogP contribution in [0.25, 0.3) is 123 Å². The van der Waals surface area contributed by atoms with E-state index in [1.54, 1.807) is 11.3 Å². The zero-order valence-electron chi connectivity index (χ0n) is 29.2. The molecule has 0 atom stereocenters. The summed E-state index contributed by atoms with van der Waals surface area (Å²) in [7, 11) is 0. The number of benzene rings is 9. The first kappa shape index (κ1) is 29.8. The summed E-state index contributed by atoms with van der Waals surface area (Å²) in [6.07, 6.45) is 0. The van der Waals surface area contributed by atoms with Crippen LogP contribution in [0, 0.1) is 0 Å². The van der Waals surface area contributed by atoms with E-state index in [1.165, 1.54) is 84.1 Å². The van der Waals surface area contributed by atoms with Gasteiger partial charge < -0.3 is 0 Å². The molecule has 0 amide bonds. The summed E-state index contributed by atoms with van der Waals surface area (Å²) in [5, 5.41) is 17.4. The SMILES string of the molecule is c1ccc2c(c1)ccc1c2c2c3c4ccccc4c4ccccc4c3ccc2n1-c1nc(-c2ccc3c(c2)sc2ccccc23)c2c(n1)sc1ccccc12. The lowest BCUT2D eigenvalue weighted by atomic mass is 9.91. The van der Waals surface area contributed by atoms with E-state index in [-0.39, 0.29) is 0 Å². The number of thiophene rings is 2. The quantitative estimate of drug-likeness (QED) is 0.166. The minimum Gasteiger partial charge on any atom is -0.278 e. The normalized spacial score (nSPS) is 12.4. The summed E-state index contributed by atoms with van der Waals surface area (Å²) < 4.78 is 6.10. The van der Waals surface area contributed by atoms with Crippen LogP contribution in [0.4, 0.5) is 0 Å². The molecule has 0 bridgehead atoms. The van der Waals surface area contributed by atoms with Crippen LogP contribution in [-0.4, -0.2) is 14.5 Å². The molecule has 0 radical (unpaired) electrons. The van der Waals surface area contributed by atoms with Gasteiger partial charge in [0.2, 0.25) is 5.95 Å². The standard InChI is InChI=1S/C50H27N3S2/c1-2-12-30-28(11-1)22-25-39-45(30)47-40(26-24-37-33-15-4-3-13-31(33)32-14-5-6-17-36(32)44(37)47)53(39)50-51-48(46-38-18-8-10-20-42(38)55-49(46)52-50)29-21-23-35-34-16-7-9-19-41(34)54-43(35)27-29/h1-27H. The molecular weight excluding hydrogens is 707 g/mol. The van der Waals surface area contributed by atoms with Crippen LogP contribution < -0.4 is 0 Å². The van der Waals surface area contributed by atoms with Crippen molar-refractivity contribution in [1.29, 1.82) is 0 Å². The number of fused-ring (bicyclic) bond motifs is 18. The second-order valence-electron chi connectivity index (χ2n) is 14.4. The van der Waals surface area contributed by atoms with E-state index in [1.807, 2.05) is 11.3 Å². The highest BCUT2D eigenvalue weighted by Crippen LogP contribution is 2.46. The predicted molar refractivity (Wildman–Crippen MR) is 238 cm³/mol. The molecular formula is C50H27N3S2. The summed E-state index contributed by atoms with van der Waals surface area (Å²) in [4.78, 5) is 12.1. The van der Waals surface area contributed by atoms with Crippen LogP contribution in [-0.2, 0) is 0 Å². The van der Waals surface area contributed by atoms with Crippen molar-refractivity contribution in [3.05, 3.63) is 164 Å². The van der Waals surface area contributed by atoms with Gasteiger partial charge in [-0.15, -0.1) is 22.7 Å². The van der Waals surface area contributed by atoms with Gasteiger partial charge in [0.15, 0.2) is 0 Å². The van der Waals surface area contributed by atoms with Gasteiger partial charge in [-0.2, -0.15) is 0 Å². The smallest absolute Gasteiger partial charge is 0.236 e. The Balaban J connectivity index is 1.21. The van der Waals surface area contributed by atoms with Gasteiger partial charge in [0.1, 0.15) is 4.83 Å². The number of aromatic nitrogens is 3. The van der Waals surface area contributed by atoms with Crippen LogP contribution in [0.5, 0.6) is 0 Å². The van der Waals surface area contributed by atoms with Crippen molar-refractivity contribution in [1.82, 2.24) is 14.5 Å². The number of rotatable bonds is 2. The molecule has 0 saturated carbocycles. The van der Waals surface area contributed by atoms with Crippen molar-refractivity contribution in [3.63, 3.8) is 0 Å². The van der Waals surface area contributed by atoms with E-state index >= 15 is 0 Å². The molecule has 0 N–H and O–H groups in total. The molecule has 0 unspecified atom stereocenters. The molecule has 13 aromatic rings. The molecule has 9 aromatic carbocycles. The maximum absolute atomic E-state index is 5.63. The molecule has 4 heterocycles. The van der Waals surface area contributed by atoms with Gasteiger partial charge >= 0.3 is 0 Å². The van der Waals surface area contributed by atoms with E-state index in [4.69, 9.17) is 9.97 Å². The molecule has 5 heteroatoms. The van der Waals surface area contributed by atoms with Crippen LogP contribution >= 0.6 is 22.7 Å². The Morgan fingerprint density at radius 2 is 0.927 bits per heavy atom. The third-order valence-electron chi connectivity index (χ3n) is 11.6. The van der Waals surface area contributed by atoms with E-state index < -0.39 is 0 Å². The second kappa shape index (κ2) is 11.0. The number of hydrogen-bond donors (Lipinski definition) is 0. The maximum atomic E-state index is 5.63. The van der Waals surface area contributed by atoms with Crippen LogP contribution in [0.2, 0.25) is 0 Å². The molecule has 3 nitrogen and oxygen atoms in total. The Morgan fingerprint density at radius 3 is 1.73 bits per heavy atom. The summed E-state index contributed by atoms with van der Waals surface area (Å²) in [6.45, 7) is 0. The minimum absolute atomic E-state index is 0.685. The van der Waals surface area contributed by atoms with Crippen molar-refractivity contribution >= 4 is 128 Å². The average Bonchev–Trinajstić information content (AvgIpc) is 3.92. The Bertz CT molecular complexity index is 3760. The zero-order chi connectivity index (χ0) is 35.8. The van der Waals surface area contributed by atoms with Gasteiger partial charge in [0.25, 0.3) is 0 Å². The topological polar surface area (TPSA) is 30.7 Å². The summed E-state index contributed by atoms with van der Waals surface area (Å²) in [6, 6.07) is 59.9. The van der Waals surface area contributed by atoms with Gasteiger partial charge in [-0.05, 0) is 68.0 Å². The van der Waals surface area contributed by atoms with E-state index in [9.17, 15) is 0 Å². The van der Waals surface area contributed by atoms with Crippen LogP contribution in [0.3, 0.4) is 0 Å². The molecule has 13 rings (SSSR count). The molecule has 0 spiro atoms. The van der Waals surface area contributed by atoms with Gasteiger partial charge in [-0.3, -0.25) is 4.57 Å². The van der Waals surface area contributed by atoms with Crippen LogP contribution in [0.1, 0.15) is 0 Å². The molecule has 0 saturated heterocycles. The molecule has 4 aromatic heterocycles. The lowest BCUT2D eigenvalue weighted by molar-refractivity contribution is 1.02. The van der Waals surface area contributed by atoms with E-state index in [0.29, 0.717) is 5.95 Å². The minimum atomic E-state index is 0.685. The Hall–Kier alpha value is -6.66. The third-order valence-corrected chi connectivity index (χ3v) is 13.8. The molecule has 0 aliphatic heterocycles. The van der Waals surface area contributed by atoms with Crippen molar-refractivity contribution < 1.29 is 0 Å². The highest BCUT2D eigenvalue weighted by atomic mass is 32.1. The first-order chi connectivity index (χ1) is 27.3. The van der Waals surface area contributed by atoms with Crippen molar-refractivity contribution in [2.45, 2.75) is 0 Å². The first-order valence-corrected chi connectivity index (χ1v) is 20.2. The van der Waals surface area contributed by atoms with Crippen LogP contribution in [0.15, 0.2) is 164 Å². The fourth-order valence-electron chi connectivity index (χ4n) is 9.27. The molecule has 55 heavy (non-hydrogen) atoms. The van der Waals surface area contributed by atoms with Gasteiger partial charge in [0.05, 0.1) is 16.7 Å². The molecule has 0 aliphatic carbocycles. The monoisotopic (exact) mass is 733 g/mol. The first-order valence-electron chi connectivity index (χ1n) is 18.6. The highest BCUT2D eigenvalue weighted by molar-refractivity contribution is 7.26. The highest BCUT2D eigenvalue weighted by Gasteiger charge is 2.24. The predicted octanol–water partition coefficient (Wildman–Crippen LogP) is 14.6. The zero-order valence-corrected chi connectivity index (χ0v) is 30.9. The van der Waals surface area contributed by atoms with Gasteiger partial charge in [-0.1, -0.05) is 133 Å². The second-order valence-corrected chi connectivity index (χ2v) is 16.6. The van der Waals surface area contributed by atoms with Crippen molar-refractivity contribution in [3.8, 4) is 17.2 Å². The van der Waals surface area contributed by atoms with Crippen molar-refractivity contribution in [2.24, 2.45) is 0 Å². The summed E-state index contributed by atoms with van der Waals surface area (Å²) in [5.74, 6) is 0.685. The lowest BCUT2D eigenvalue weighted by Gasteiger charge is -2.13. The van der Waals surface area contributed by atoms with Gasteiger partial charge in [0, 0.05) is 57.4 Å². The maximum Gasteiger partial charge on any atom is 0.236 e. The lowest BCUT2D eigenvalue weighted by Crippen LogP contribution is -2.02. The summed E-state index contributed by atoms with van der Waals surface area (Å²) >= 11 is 3.59.